The van der Waals surface area contributed by atoms with Crippen LogP contribution in [-0.4, -0.2) is 24.2 Å². The van der Waals surface area contributed by atoms with Crippen molar-refractivity contribution >= 4 is 5.97 Å². The molecule has 0 fully saturated rings. The summed E-state index contributed by atoms with van der Waals surface area (Å²) in [5.41, 5.74) is 2.01. The first-order valence-corrected chi connectivity index (χ1v) is 5.15. The quantitative estimate of drug-likeness (QED) is 0.795. The maximum Gasteiger partial charge on any atom is 0.320 e. The number of rotatable bonds is 5. The number of carbonyl (C=O) groups is 1. The van der Waals surface area contributed by atoms with Crippen molar-refractivity contribution < 1.29 is 14.6 Å². The van der Waals surface area contributed by atoms with Gasteiger partial charge in [-0.25, -0.2) is 0 Å². The maximum absolute atomic E-state index is 10.6. The second-order valence-electron chi connectivity index (χ2n) is 3.71. The number of methoxy groups -OCH3 is 1. The SMILES string of the molecule is COc1c(C)cccc1CNC(C)C(=O)O. The maximum atomic E-state index is 10.6. The van der Waals surface area contributed by atoms with Gasteiger partial charge in [-0.3, -0.25) is 4.79 Å². The molecule has 4 nitrogen and oxygen atoms in total. The molecule has 0 aliphatic heterocycles. The standard InChI is InChI=1S/C12H17NO3/c1-8-5-4-6-10(11(8)16-3)7-13-9(2)12(14)15/h4-6,9,13H,7H2,1-3H3,(H,14,15). The molecule has 0 aliphatic rings. The van der Waals surface area contributed by atoms with Crippen LogP contribution in [0, 0.1) is 6.92 Å². The average Bonchev–Trinajstić information content (AvgIpc) is 2.25. The highest BCUT2D eigenvalue weighted by molar-refractivity contribution is 5.72. The Hall–Kier alpha value is -1.55. The molecule has 2 N–H and O–H groups in total. The number of aryl methyl sites for hydroxylation is 1. The Morgan fingerprint density at radius 2 is 2.25 bits per heavy atom. The van der Waals surface area contributed by atoms with Crippen LogP contribution in [0.1, 0.15) is 18.1 Å². The molecule has 1 atom stereocenters. The van der Waals surface area contributed by atoms with Crippen molar-refractivity contribution in [3.63, 3.8) is 0 Å². The van der Waals surface area contributed by atoms with Gasteiger partial charge in [0.1, 0.15) is 11.8 Å². The molecule has 0 heterocycles. The minimum absolute atomic E-state index is 0.484. The van der Waals surface area contributed by atoms with Crippen molar-refractivity contribution in [3.8, 4) is 5.75 Å². The predicted molar refractivity (Wildman–Crippen MR) is 61.7 cm³/mol. The molecular weight excluding hydrogens is 206 g/mol. The molecule has 0 saturated heterocycles. The van der Waals surface area contributed by atoms with Crippen molar-refractivity contribution in [1.82, 2.24) is 5.32 Å². The van der Waals surface area contributed by atoms with Crippen molar-refractivity contribution in [2.45, 2.75) is 26.4 Å². The molecule has 16 heavy (non-hydrogen) atoms. The van der Waals surface area contributed by atoms with Gasteiger partial charge in [-0.2, -0.15) is 0 Å². The van der Waals surface area contributed by atoms with E-state index in [4.69, 9.17) is 9.84 Å². The van der Waals surface area contributed by atoms with E-state index in [1.165, 1.54) is 0 Å². The van der Waals surface area contributed by atoms with Crippen LogP contribution < -0.4 is 10.1 Å². The molecule has 1 rings (SSSR count). The minimum atomic E-state index is -0.855. The number of aliphatic carboxylic acids is 1. The van der Waals surface area contributed by atoms with Crippen LogP contribution in [0.25, 0.3) is 0 Å². The number of carboxylic acid groups (broad SMARTS) is 1. The summed E-state index contributed by atoms with van der Waals surface area (Å²) >= 11 is 0. The number of nitrogens with one attached hydrogen (secondary N) is 1. The second-order valence-corrected chi connectivity index (χ2v) is 3.71. The van der Waals surface area contributed by atoms with E-state index in [0.717, 1.165) is 16.9 Å². The molecule has 4 heteroatoms. The molecular formula is C12H17NO3. The first kappa shape index (κ1) is 12.5. The van der Waals surface area contributed by atoms with E-state index in [0.29, 0.717) is 6.54 Å². The summed E-state index contributed by atoms with van der Waals surface area (Å²) in [6.45, 7) is 4.06. The largest absolute Gasteiger partial charge is 0.496 e. The monoisotopic (exact) mass is 223 g/mol. The fraction of sp³-hybridized carbons (Fsp3) is 0.417. The Kier molecular flexibility index (Phi) is 4.31. The number of benzene rings is 1. The molecule has 0 amide bonds. The lowest BCUT2D eigenvalue weighted by atomic mass is 10.1. The van der Waals surface area contributed by atoms with Crippen LogP contribution in [0.3, 0.4) is 0 Å². The van der Waals surface area contributed by atoms with E-state index < -0.39 is 12.0 Å². The Balaban J connectivity index is 2.74. The summed E-state index contributed by atoms with van der Waals surface area (Å²) < 4.78 is 5.28. The molecule has 0 aromatic heterocycles. The topological polar surface area (TPSA) is 58.6 Å². The van der Waals surface area contributed by atoms with Crippen LogP contribution in [0.15, 0.2) is 18.2 Å². The van der Waals surface area contributed by atoms with Gasteiger partial charge in [0.15, 0.2) is 0 Å². The number of hydrogen-bond donors (Lipinski definition) is 2. The van der Waals surface area contributed by atoms with Gasteiger partial charge in [0.2, 0.25) is 0 Å². The second kappa shape index (κ2) is 5.51. The summed E-state index contributed by atoms with van der Waals surface area (Å²) in [5.74, 6) is -0.0424. The van der Waals surface area contributed by atoms with Crippen LogP contribution in [-0.2, 0) is 11.3 Å². The Morgan fingerprint density at radius 3 is 2.81 bits per heavy atom. The van der Waals surface area contributed by atoms with E-state index in [1.807, 2.05) is 25.1 Å². The third-order valence-corrected chi connectivity index (χ3v) is 2.47. The summed E-state index contributed by atoms with van der Waals surface area (Å²) in [4.78, 5) is 10.6. The van der Waals surface area contributed by atoms with E-state index >= 15 is 0 Å². The lowest BCUT2D eigenvalue weighted by molar-refractivity contribution is -0.139. The Bertz CT molecular complexity index is 377. The minimum Gasteiger partial charge on any atom is -0.496 e. The van der Waals surface area contributed by atoms with Crippen LogP contribution >= 0.6 is 0 Å². The third-order valence-electron chi connectivity index (χ3n) is 2.47. The van der Waals surface area contributed by atoms with Gasteiger partial charge in [-0.15, -0.1) is 0 Å². The molecule has 1 unspecified atom stereocenters. The molecule has 0 aliphatic carbocycles. The highest BCUT2D eigenvalue weighted by atomic mass is 16.5. The molecule has 0 spiro atoms. The van der Waals surface area contributed by atoms with Crippen molar-refractivity contribution in [2.75, 3.05) is 7.11 Å². The molecule has 0 saturated carbocycles. The smallest absolute Gasteiger partial charge is 0.320 e. The predicted octanol–water partition coefficient (Wildman–Crippen LogP) is 1.57. The van der Waals surface area contributed by atoms with Gasteiger partial charge in [-0.1, -0.05) is 18.2 Å². The normalized spacial score (nSPS) is 12.2. The molecule has 1 aromatic carbocycles. The molecule has 0 radical (unpaired) electrons. The van der Waals surface area contributed by atoms with E-state index in [9.17, 15) is 4.79 Å². The first-order valence-electron chi connectivity index (χ1n) is 5.15. The zero-order valence-corrected chi connectivity index (χ0v) is 9.78. The van der Waals surface area contributed by atoms with Crippen LogP contribution in [0.2, 0.25) is 0 Å². The Labute approximate surface area is 95.2 Å². The highest BCUT2D eigenvalue weighted by Gasteiger charge is 2.11. The van der Waals surface area contributed by atoms with E-state index in [-0.39, 0.29) is 0 Å². The van der Waals surface area contributed by atoms with Gasteiger partial charge in [-0.05, 0) is 19.4 Å². The fourth-order valence-corrected chi connectivity index (χ4v) is 1.49. The first-order chi connectivity index (χ1) is 7.56. The average molecular weight is 223 g/mol. The summed E-state index contributed by atoms with van der Waals surface area (Å²) in [5, 5.41) is 11.7. The van der Waals surface area contributed by atoms with E-state index in [1.54, 1.807) is 14.0 Å². The lowest BCUT2D eigenvalue weighted by Crippen LogP contribution is -2.33. The van der Waals surface area contributed by atoms with Crippen LogP contribution in [0.4, 0.5) is 0 Å². The van der Waals surface area contributed by atoms with Gasteiger partial charge >= 0.3 is 5.97 Å². The molecule has 0 bridgehead atoms. The summed E-state index contributed by atoms with van der Waals surface area (Å²) in [6, 6.07) is 5.25. The highest BCUT2D eigenvalue weighted by Crippen LogP contribution is 2.22. The molecule has 1 aromatic rings. The van der Waals surface area contributed by atoms with Gasteiger partial charge in [0.05, 0.1) is 7.11 Å². The van der Waals surface area contributed by atoms with Gasteiger partial charge in [0.25, 0.3) is 0 Å². The third kappa shape index (κ3) is 2.97. The van der Waals surface area contributed by atoms with Gasteiger partial charge in [0, 0.05) is 12.1 Å². The lowest BCUT2D eigenvalue weighted by Gasteiger charge is -2.13. The zero-order chi connectivity index (χ0) is 12.1. The van der Waals surface area contributed by atoms with Crippen LogP contribution in [0.5, 0.6) is 5.75 Å². The number of para-hydroxylation sites is 1. The fourth-order valence-electron chi connectivity index (χ4n) is 1.49. The number of ether oxygens (including phenoxy) is 1. The van der Waals surface area contributed by atoms with Gasteiger partial charge < -0.3 is 15.2 Å². The zero-order valence-electron chi connectivity index (χ0n) is 9.78. The summed E-state index contributed by atoms with van der Waals surface area (Å²) in [6.07, 6.45) is 0. The van der Waals surface area contributed by atoms with Crippen molar-refractivity contribution in [2.24, 2.45) is 0 Å². The number of carboxylic acids is 1. The molecule has 88 valence electrons. The Morgan fingerprint density at radius 1 is 1.56 bits per heavy atom. The number of hydrogen-bond acceptors (Lipinski definition) is 3. The van der Waals surface area contributed by atoms with Crippen molar-refractivity contribution in [1.29, 1.82) is 0 Å². The summed E-state index contributed by atoms with van der Waals surface area (Å²) in [7, 11) is 1.62. The van der Waals surface area contributed by atoms with Crippen molar-refractivity contribution in [3.05, 3.63) is 29.3 Å². The van der Waals surface area contributed by atoms with E-state index in [2.05, 4.69) is 5.32 Å².